The van der Waals surface area contributed by atoms with Crippen molar-refractivity contribution >= 4 is 32.3 Å². The van der Waals surface area contributed by atoms with E-state index in [1.54, 1.807) is 18.5 Å². The highest BCUT2D eigenvalue weighted by atomic mass is 32.2. The Kier molecular flexibility index (Phi) is 4.21. The quantitative estimate of drug-likeness (QED) is 0.684. The predicted octanol–water partition coefficient (Wildman–Crippen LogP) is 2.47. The zero-order valence-corrected chi connectivity index (χ0v) is 16.1. The maximum Gasteiger partial charge on any atom is 0.295 e. The van der Waals surface area contributed by atoms with Gasteiger partial charge in [0.25, 0.3) is 10.0 Å². The summed E-state index contributed by atoms with van der Waals surface area (Å²) in [6.45, 7) is 2.95. The lowest BCUT2D eigenvalue weighted by Gasteiger charge is -2.30. The van der Waals surface area contributed by atoms with Crippen molar-refractivity contribution in [2.45, 2.75) is 23.9 Å². The zero-order valence-electron chi connectivity index (χ0n) is 15.3. The number of hydrogen-bond acceptors (Lipinski definition) is 6. The Morgan fingerprint density at radius 3 is 2.79 bits per heavy atom. The largest absolute Gasteiger partial charge is 0.378 e. The molecule has 1 aliphatic carbocycles. The number of hydrogen-bond donors (Lipinski definition) is 2. The molecule has 2 aromatic heterocycles. The molecule has 8 nitrogen and oxygen atoms in total. The van der Waals surface area contributed by atoms with E-state index in [2.05, 4.69) is 24.6 Å². The van der Waals surface area contributed by atoms with Crippen LogP contribution in [0.4, 0.5) is 11.4 Å². The minimum Gasteiger partial charge on any atom is -0.378 e. The van der Waals surface area contributed by atoms with Crippen LogP contribution in [0.2, 0.25) is 0 Å². The maximum absolute atomic E-state index is 12.8. The van der Waals surface area contributed by atoms with Gasteiger partial charge >= 0.3 is 0 Å². The lowest BCUT2D eigenvalue weighted by Crippen LogP contribution is -2.36. The van der Waals surface area contributed by atoms with Crippen molar-refractivity contribution in [2.75, 3.05) is 35.9 Å². The van der Waals surface area contributed by atoms with Crippen LogP contribution in [-0.4, -0.2) is 49.7 Å². The van der Waals surface area contributed by atoms with Gasteiger partial charge in [-0.2, -0.15) is 8.42 Å². The molecule has 2 N–H and O–H groups in total. The molecule has 1 saturated heterocycles. The molecule has 0 atom stereocenters. The van der Waals surface area contributed by atoms with Crippen LogP contribution in [-0.2, 0) is 14.8 Å². The zero-order chi connectivity index (χ0) is 19.1. The Hall–Kier alpha value is -2.65. The summed E-state index contributed by atoms with van der Waals surface area (Å²) in [5.41, 5.74) is 2.90. The van der Waals surface area contributed by atoms with E-state index in [-0.39, 0.29) is 5.16 Å². The number of H-pyrrole nitrogens is 1. The second kappa shape index (κ2) is 6.75. The third kappa shape index (κ3) is 3.20. The van der Waals surface area contributed by atoms with Gasteiger partial charge in [0.1, 0.15) is 0 Å². The molecule has 3 heterocycles. The van der Waals surface area contributed by atoms with E-state index in [1.807, 2.05) is 18.2 Å². The average Bonchev–Trinajstić information content (AvgIpc) is 3.44. The Bertz CT molecular complexity index is 1120. The number of pyridine rings is 1. The second-order valence-corrected chi connectivity index (χ2v) is 8.74. The number of aromatic nitrogens is 3. The first-order valence-electron chi connectivity index (χ1n) is 9.40. The van der Waals surface area contributed by atoms with E-state index >= 15 is 0 Å². The number of fused-ring (bicyclic) bond motifs is 1. The van der Waals surface area contributed by atoms with Crippen LogP contribution in [0.25, 0.3) is 10.9 Å². The monoisotopic (exact) mass is 399 g/mol. The van der Waals surface area contributed by atoms with Crippen LogP contribution in [0.5, 0.6) is 0 Å². The van der Waals surface area contributed by atoms with E-state index < -0.39 is 10.0 Å². The summed E-state index contributed by atoms with van der Waals surface area (Å²) in [6, 6.07) is 7.52. The summed E-state index contributed by atoms with van der Waals surface area (Å²) >= 11 is 0. The van der Waals surface area contributed by atoms with Crippen molar-refractivity contribution in [3.05, 3.63) is 42.4 Å². The number of benzene rings is 1. The molecule has 146 valence electrons. The summed E-state index contributed by atoms with van der Waals surface area (Å²) in [6.07, 6.45) is 5.48. The Morgan fingerprint density at radius 1 is 1.18 bits per heavy atom. The van der Waals surface area contributed by atoms with E-state index in [0.29, 0.717) is 30.3 Å². The molecule has 2 aliphatic rings. The summed E-state index contributed by atoms with van der Waals surface area (Å²) in [4.78, 5) is 13.7. The average molecular weight is 399 g/mol. The SMILES string of the molecule is O=S(=O)(Nc1ccc(N2CCOCC2)c2cccnc12)c1nc(C2CC2)c[nH]1. The Morgan fingerprint density at radius 2 is 2.00 bits per heavy atom. The highest BCUT2D eigenvalue weighted by Crippen LogP contribution is 2.39. The highest BCUT2D eigenvalue weighted by Gasteiger charge is 2.29. The predicted molar refractivity (Wildman–Crippen MR) is 106 cm³/mol. The summed E-state index contributed by atoms with van der Waals surface area (Å²) < 4.78 is 33.7. The number of imidazole rings is 1. The number of anilines is 2. The van der Waals surface area contributed by atoms with Gasteiger partial charge in [-0.15, -0.1) is 0 Å². The van der Waals surface area contributed by atoms with Gasteiger partial charge in [-0.05, 0) is 37.1 Å². The molecule has 1 aromatic carbocycles. The van der Waals surface area contributed by atoms with Gasteiger partial charge in [0.2, 0.25) is 5.16 Å². The van der Waals surface area contributed by atoms with Crippen molar-refractivity contribution in [1.82, 2.24) is 15.0 Å². The third-order valence-electron chi connectivity index (χ3n) is 5.17. The van der Waals surface area contributed by atoms with Crippen LogP contribution in [0.15, 0.2) is 41.8 Å². The van der Waals surface area contributed by atoms with Gasteiger partial charge in [-0.3, -0.25) is 9.71 Å². The molecular formula is C19H21N5O3S. The topological polar surface area (TPSA) is 100 Å². The van der Waals surface area contributed by atoms with E-state index in [9.17, 15) is 8.42 Å². The first-order chi connectivity index (χ1) is 13.6. The lowest BCUT2D eigenvalue weighted by molar-refractivity contribution is 0.123. The van der Waals surface area contributed by atoms with Crippen LogP contribution >= 0.6 is 0 Å². The number of sulfonamides is 1. The molecule has 3 aromatic rings. The third-order valence-corrected chi connectivity index (χ3v) is 6.37. The van der Waals surface area contributed by atoms with Gasteiger partial charge in [-0.25, -0.2) is 4.98 Å². The fourth-order valence-electron chi connectivity index (χ4n) is 3.56. The molecule has 1 saturated carbocycles. The van der Waals surface area contributed by atoms with E-state index in [1.165, 1.54) is 0 Å². The molecule has 0 radical (unpaired) electrons. The van der Waals surface area contributed by atoms with Crippen molar-refractivity contribution in [2.24, 2.45) is 0 Å². The van der Waals surface area contributed by atoms with Gasteiger partial charge in [0.15, 0.2) is 0 Å². The van der Waals surface area contributed by atoms with Crippen LogP contribution in [0, 0.1) is 0 Å². The molecule has 2 fully saturated rings. The highest BCUT2D eigenvalue weighted by molar-refractivity contribution is 7.92. The van der Waals surface area contributed by atoms with E-state index in [0.717, 1.165) is 42.7 Å². The molecule has 0 unspecified atom stereocenters. The van der Waals surface area contributed by atoms with Crippen molar-refractivity contribution < 1.29 is 13.2 Å². The molecule has 28 heavy (non-hydrogen) atoms. The number of morpholine rings is 1. The maximum atomic E-state index is 12.8. The van der Waals surface area contributed by atoms with Crippen molar-refractivity contribution in [3.8, 4) is 0 Å². The van der Waals surface area contributed by atoms with Gasteiger partial charge in [0, 0.05) is 42.5 Å². The molecule has 0 amide bonds. The summed E-state index contributed by atoms with van der Waals surface area (Å²) in [5, 5.41) is 0.846. The fourth-order valence-corrected chi connectivity index (χ4v) is 4.55. The normalized spacial score (nSPS) is 17.8. The molecule has 0 bridgehead atoms. The number of aromatic amines is 1. The van der Waals surface area contributed by atoms with Crippen LogP contribution < -0.4 is 9.62 Å². The summed E-state index contributed by atoms with van der Waals surface area (Å²) in [5.74, 6) is 0.385. The van der Waals surface area contributed by atoms with E-state index in [4.69, 9.17) is 4.74 Å². The smallest absolute Gasteiger partial charge is 0.295 e. The fraction of sp³-hybridized carbons (Fsp3) is 0.368. The summed E-state index contributed by atoms with van der Waals surface area (Å²) in [7, 11) is -3.82. The van der Waals surface area contributed by atoms with Crippen molar-refractivity contribution in [3.63, 3.8) is 0 Å². The van der Waals surface area contributed by atoms with Crippen molar-refractivity contribution in [1.29, 1.82) is 0 Å². The standard InChI is InChI=1S/C19H21N5O3S/c25-28(26,19-21-12-16(22-19)13-3-4-13)23-15-5-6-17(24-8-10-27-11-9-24)14-2-1-7-20-18(14)15/h1-2,5-7,12-13,23H,3-4,8-11H2,(H,21,22). The number of rotatable bonds is 5. The molecular weight excluding hydrogens is 378 g/mol. The first-order valence-corrected chi connectivity index (χ1v) is 10.9. The lowest BCUT2D eigenvalue weighted by atomic mass is 10.1. The Labute approximate surface area is 163 Å². The van der Waals surface area contributed by atoms with Gasteiger partial charge in [0.05, 0.1) is 30.1 Å². The first kappa shape index (κ1) is 17.4. The van der Waals surface area contributed by atoms with Gasteiger partial charge < -0.3 is 14.6 Å². The number of ether oxygens (including phenoxy) is 1. The number of nitrogens with zero attached hydrogens (tertiary/aromatic N) is 3. The number of nitrogens with one attached hydrogen (secondary N) is 2. The van der Waals surface area contributed by atoms with Crippen LogP contribution in [0.3, 0.4) is 0 Å². The Balaban J connectivity index is 1.50. The molecule has 1 aliphatic heterocycles. The minimum absolute atomic E-state index is 0.0595. The second-order valence-electron chi connectivity index (χ2n) is 7.14. The minimum atomic E-state index is -3.82. The van der Waals surface area contributed by atoms with Crippen LogP contribution in [0.1, 0.15) is 24.5 Å². The molecule has 9 heteroatoms. The molecule has 0 spiro atoms. The molecule has 5 rings (SSSR count). The van der Waals surface area contributed by atoms with Gasteiger partial charge in [-0.1, -0.05) is 0 Å².